The zero-order valence-electron chi connectivity index (χ0n) is 8.38. The third-order valence-corrected chi connectivity index (χ3v) is 2.46. The predicted molar refractivity (Wildman–Crippen MR) is 54.5 cm³/mol. The second kappa shape index (κ2) is 4.19. The highest BCUT2D eigenvalue weighted by atomic mass is 32.3. The predicted octanol–water partition coefficient (Wildman–Crippen LogP) is 0.580. The summed E-state index contributed by atoms with van der Waals surface area (Å²) in [5.41, 5.74) is 0.122. The van der Waals surface area contributed by atoms with E-state index in [1.165, 1.54) is 17.8 Å². The lowest BCUT2D eigenvalue weighted by molar-refractivity contribution is 0.0513. The van der Waals surface area contributed by atoms with Crippen molar-refractivity contribution < 1.29 is 18.6 Å². The molecule has 1 rings (SSSR count). The molecule has 0 bridgehead atoms. The highest BCUT2D eigenvalue weighted by Crippen LogP contribution is 2.38. The Kier molecular flexibility index (Phi) is 3.35. The molecule has 4 N–H and O–H groups in total. The number of nitrogens with zero attached hydrogens (tertiary/aromatic N) is 2. The van der Waals surface area contributed by atoms with E-state index in [0.29, 0.717) is 0 Å². The van der Waals surface area contributed by atoms with Gasteiger partial charge in [-0.25, -0.2) is 9.93 Å². The van der Waals surface area contributed by atoms with Crippen LogP contribution in [0.15, 0.2) is 11.1 Å². The molecule has 1 heterocycles. The third kappa shape index (κ3) is 2.69. The number of ether oxygens (including phenoxy) is 1. The summed E-state index contributed by atoms with van der Waals surface area (Å²) in [6, 6.07) is 1.20. The summed E-state index contributed by atoms with van der Waals surface area (Å²) in [6.07, 6.45) is 0. The van der Waals surface area contributed by atoms with E-state index < -0.39 is 16.7 Å². The molecule has 0 unspecified atom stereocenters. The summed E-state index contributed by atoms with van der Waals surface area (Å²) in [5.74, 6) is -0.581. The molecular weight excluding hydrogens is 222 g/mol. The molecule has 0 aliphatic carbocycles. The number of aromatic nitrogens is 2. The topological polar surface area (TPSA) is 111 Å². The summed E-state index contributed by atoms with van der Waals surface area (Å²) >= 11 is 0. The molecule has 0 saturated carbocycles. The Labute approximate surface area is 88.3 Å². The fraction of sp³-hybridized carbons (Fsp3) is 0.429. The van der Waals surface area contributed by atoms with E-state index in [-0.39, 0.29) is 17.3 Å². The second-order valence-corrected chi connectivity index (χ2v) is 4.41. The van der Waals surface area contributed by atoms with Crippen LogP contribution >= 0.6 is 10.8 Å². The molecule has 0 fully saturated rings. The molecule has 1 aromatic rings. The number of aryl methyl sites for hydroxylation is 1. The van der Waals surface area contributed by atoms with Gasteiger partial charge in [0.15, 0.2) is 5.03 Å². The van der Waals surface area contributed by atoms with Crippen LogP contribution in [0.2, 0.25) is 0 Å². The number of nitrogens with two attached hydrogens (primary N) is 1. The maximum Gasteiger partial charge on any atom is 0.356 e. The van der Waals surface area contributed by atoms with Crippen molar-refractivity contribution in [3.8, 4) is 0 Å². The van der Waals surface area contributed by atoms with Crippen LogP contribution in [0.4, 0.5) is 0 Å². The van der Waals surface area contributed by atoms with Gasteiger partial charge in [0.05, 0.1) is 6.61 Å². The standard InChI is InChI=1S/C7H13N3O4S/c1-3-14-7(11)5-4-6(9-10(5)2)15(8,12)13/h4,12-13H,3,8H2,1-2H3. The molecule has 8 heteroatoms. The molecule has 1 aromatic heterocycles. The highest BCUT2D eigenvalue weighted by molar-refractivity contribution is 8.22. The minimum absolute atomic E-state index is 0.122. The molecule has 7 nitrogen and oxygen atoms in total. The molecule has 0 atom stereocenters. The Bertz CT molecular complexity index is 371. The Morgan fingerprint density at radius 2 is 2.33 bits per heavy atom. The van der Waals surface area contributed by atoms with E-state index in [1.807, 2.05) is 0 Å². The summed E-state index contributed by atoms with van der Waals surface area (Å²) in [6.45, 7) is 1.91. The average molecular weight is 235 g/mol. The molecule has 0 aliphatic rings. The average Bonchev–Trinajstić information content (AvgIpc) is 2.47. The Morgan fingerprint density at radius 3 is 2.73 bits per heavy atom. The minimum atomic E-state index is -3.39. The molecule has 0 spiro atoms. The van der Waals surface area contributed by atoms with E-state index in [2.05, 4.69) is 5.10 Å². The summed E-state index contributed by atoms with van der Waals surface area (Å²) in [7, 11) is -1.91. The Morgan fingerprint density at radius 1 is 1.73 bits per heavy atom. The Balaban J connectivity index is 3.02. The van der Waals surface area contributed by atoms with E-state index >= 15 is 0 Å². The van der Waals surface area contributed by atoms with Gasteiger partial charge in [-0.15, -0.1) is 0 Å². The van der Waals surface area contributed by atoms with Crippen molar-refractivity contribution >= 4 is 16.7 Å². The van der Waals surface area contributed by atoms with Crippen LogP contribution in [0.3, 0.4) is 0 Å². The van der Waals surface area contributed by atoms with Crippen LogP contribution in [0.25, 0.3) is 0 Å². The maximum atomic E-state index is 11.3. The van der Waals surface area contributed by atoms with Gasteiger partial charge in [0, 0.05) is 13.1 Å². The maximum absolute atomic E-state index is 11.3. The number of rotatable bonds is 3. The van der Waals surface area contributed by atoms with Crippen molar-refractivity contribution in [3.63, 3.8) is 0 Å². The summed E-state index contributed by atoms with van der Waals surface area (Å²) < 4.78 is 24.2. The fourth-order valence-corrected chi connectivity index (χ4v) is 1.51. The second-order valence-electron chi connectivity index (χ2n) is 2.80. The molecular formula is C7H13N3O4S. The molecule has 15 heavy (non-hydrogen) atoms. The molecule has 0 amide bonds. The van der Waals surface area contributed by atoms with E-state index in [9.17, 15) is 4.79 Å². The van der Waals surface area contributed by atoms with Gasteiger partial charge >= 0.3 is 5.97 Å². The first-order chi connectivity index (χ1) is 6.86. The zero-order chi connectivity index (χ0) is 11.6. The van der Waals surface area contributed by atoms with Gasteiger partial charge in [0.25, 0.3) is 0 Å². The SMILES string of the molecule is CCOC(=O)c1cc(S(N)(O)O)nn1C. The van der Waals surface area contributed by atoms with Crippen LogP contribution in [-0.4, -0.2) is 31.5 Å². The van der Waals surface area contributed by atoms with E-state index in [1.54, 1.807) is 6.92 Å². The molecule has 0 aromatic carbocycles. The van der Waals surface area contributed by atoms with Crippen LogP contribution in [0, 0.1) is 0 Å². The molecule has 0 aliphatic heterocycles. The lowest BCUT2D eigenvalue weighted by Crippen LogP contribution is -2.10. The normalized spacial score (nSPS) is 12.6. The smallest absolute Gasteiger partial charge is 0.356 e. The van der Waals surface area contributed by atoms with Gasteiger partial charge in [-0.1, -0.05) is 10.8 Å². The lowest BCUT2D eigenvalue weighted by Gasteiger charge is -2.22. The first-order valence-corrected chi connectivity index (χ1v) is 5.74. The zero-order valence-corrected chi connectivity index (χ0v) is 9.19. The van der Waals surface area contributed by atoms with E-state index in [0.717, 1.165) is 0 Å². The largest absolute Gasteiger partial charge is 0.461 e. The van der Waals surface area contributed by atoms with Crippen LogP contribution in [-0.2, 0) is 11.8 Å². The van der Waals surface area contributed by atoms with Crippen molar-refractivity contribution in [1.29, 1.82) is 0 Å². The van der Waals surface area contributed by atoms with Crippen LogP contribution < -0.4 is 5.14 Å². The minimum Gasteiger partial charge on any atom is -0.461 e. The van der Waals surface area contributed by atoms with Gasteiger partial charge in [0.1, 0.15) is 5.69 Å². The molecule has 86 valence electrons. The number of carbonyl (C=O) groups is 1. The summed E-state index contributed by atoms with van der Waals surface area (Å²) in [4.78, 5) is 11.3. The van der Waals surface area contributed by atoms with Crippen molar-refractivity contribution in [2.45, 2.75) is 11.9 Å². The number of carbonyl (C=O) groups excluding carboxylic acids is 1. The third-order valence-electron chi connectivity index (χ3n) is 1.65. The number of hydrogen-bond acceptors (Lipinski definition) is 6. The number of esters is 1. The van der Waals surface area contributed by atoms with Crippen LogP contribution in [0.5, 0.6) is 0 Å². The summed E-state index contributed by atoms with van der Waals surface area (Å²) in [5, 5.41) is 8.66. The van der Waals surface area contributed by atoms with Gasteiger partial charge < -0.3 is 4.74 Å². The van der Waals surface area contributed by atoms with Crippen LogP contribution in [0.1, 0.15) is 17.4 Å². The number of hydrogen-bond donors (Lipinski definition) is 3. The molecule has 0 saturated heterocycles. The molecule has 0 radical (unpaired) electrons. The van der Waals surface area contributed by atoms with Crippen molar-refractivity contribution in [1.82, 2.24) is 9.78 Å². The van der Waals surface area contributed by atoms with Crippen molar-refractivity contribution in [2.24, 2.45) is 12.2 Å². The lowest BCUT2D eigenvalue weighted by atomic mass is 10.4. The van der Waals surface area contributed by atoms with Gasteiger partial charge in [0.2, 0.25) is 0 Å². The first-order valence-electron chi connectivity index (χ1n) is 4.13. The first kappa shape index (κ1) is 12.0. The van der Waals surface area contributed by atoms with Gasteiger partial charge in [-0.3, -0.25) is 13.8 Å². The Hall–Kier alpha value is -1.09. The fourth-order valence-electron chi connectivity index (χ4n) is 0.984. The monoisotopic (exact) mass is 235 g/mol. The van der Waals surface area contributed by atoms with Gasteiger partial charge in [-0.05, 0) is 6.92 Å². The van der Waals surface area contributed by atoms with E-state index in [4.69, 9.17) is 19.0 Å². The van der Waals surface area contributed by atoms with Crippen molar-refractivity contribution in [3.05, 3.63) is 11.8 Å². The van der Waals surface area contributed by atoms with Crippen molar-refractivity contribution in [2.75, 3.05) is 6.61 Å². The highest BCUT2D eigenvalue weighted by Gasteiger charge is 2.20. The quantitative estimate of drug-likeness (QED) is 0.661. The van der Waals surface area contributed by atoms with Gasteiger partial charge in [-0.2, -0.15) is 5.10 Å².